The topological polar surface area (TPSA) is 98.3 Å². The third-order valence-electron chi connectivity index (χ3n) is 4.10. The van der Waals surface area contributed by atoms with Crippen molar-refractivity contribution >= 4 is 41.1 Å². The predicted molar refractivity (Wildman–Crippen MR) is 113 cm³/mol. The molecular formula is C23H16ClN2O4-. The summed E-state index contributed by atoms with van der Waals surface area (Å²) in [4.78, 5) is 36.3. The Balaban J connectivity index is 1.86. The van der Waals surface area contributed by atoms with E-state index in [-0.39, 0.29) is 21.8 Å². The van der Waals surface area contributed by atoms with Gasteiger partial charge >= 0.3 is 0 Å². The number of aromatic carboxylic acids is 1. The van der Waals surface area contributed by atoms with Gasteiger partial charge in [0.05, 0.1) is 16.6 Å². The number of anilines is 1. The molecule has 3 aromatic rings. The van der Waals surface area contributed by atoms with E-state index in [1.54, 1.807) is 48.5 Å². The lowest BCUT2D eigenvalue weighted by molar-refractivity contribution is -0.255. The van der Waals surface area contributed by atoms with Crippen LogP contribution in [-0.4, -0.2) is 17.8 Å². The molecule has 2 N–H and O–H groups in total. The van der Waals surface area contributed by atoms with Crippen molar-refractivity contribution in [2.75, 3.05) is 5.32 Å². The molecule has 0 aliphatic rings. The normalized spacial score (nSPS) is 10.9. The smallest absolute Gasteiger partial charge is 0.272 e. The Hall–Kier alpha value is -3.90. The predicted octanol–water partition coefficient (Wildman–Crippen LogP) is 3.11. The van der Waals surface area contributed by atoms with Crippen LogP contribution in [0.1, 0.15) is 26.3 Å². The molecule has 0 heterocycles. The number of carboxylic acid groups (broad SMARTS) is 1. The van der Waals surface area contributed by atoms with Crippen molar-refractivity contribution in [1.82, 2.24) is 5.32 Å². The van der Waals surface area contributed by atoms with Crippen LogP contribution in [0.4, 0.5) is 5.69 Å². The van der Waals surface area contributed by atoms with Crippen LogP contribution in [0.2, 0.25) is 5.02 Å². The number of benzene rings is 3. The van der Waals surface area contributed by atoms with Crippen molar-refractivity contribution in [3.63, 3.8) is 0 Å². The second-order valence-corrected chi connectivity index (χ2v) is 6.63. The molecule has 0 spiro atoms. The molecule has 7 heteroatoms. The number of halogens is 1. The fraction of sp³-hybridized carbons (Fsp3) is 0. The number of carboxylic acids is 1. The van der Waals surface area contributed by atoms with E-state index in [9.17, 15) is 19.5 Å². The largest absolute Gasteiger partial charge is 0.545 e. The molecule has 3 rings (SSSR count). The van der Waals surface area contributed by atoms with Crippen LogP contribution >= 0.6 is 11.6 Å². The van der Waals surface area contributed by atoms with Crippen molar-refractivity contribution in [3.05, 3.63) is 106 Å². The van der Waals surface area contributed by atoms with Crippen molar-refractivity contribution in [3.8, 4) is 0 Å². The highest BCUT2D eigenvalue weighted by atomic mass is 35.5. The third kappa shape index (κ3) is 5.33. The Morgan fingerprint density at radius 1 is 0.833 bits per heavy atom. The van der Waals surface area contributed by atoms with Gasteiger partial charge in [0.2, 0.25) is 0 Å². The number of hydrogen-bond acceptors (Lipinski definition) is 4. The minimum Gasteiger partial charge on any atom is -0.545 e. The molecule has 0 unspecified atom stereocenters. The molecule has 2 amide bonds. The standard InChI is InChI=1S/C23H17ClN2O4/c24-19-9-5-4-8-18(19)21(27)26-20(14-15-6-2-1-3-7-15)22(28)25-17-12-10-16(11-13-17)23(29)30/h1-14H,(H,25,28)(H,26,27)(H,29,30)/p-1/b20-14-. The quantitative estimate of drug-likeness (QED) is 0.600. The van der Waals surface area contributed by atoms with E-state index in [1.807, 2.05) is 6.07 Å². The van der Waals surface area contributed by atoms with E-state index in [2.05, 4.69) is 10.6 Å². The molecule has 0 bridgehead atoms. The molecule has 0 aromatic heterocycles. The summed E-state index contributed by atoms with van der Waals surface area (Å²) in [5.74, 6) is -2.43. The van der Waals surface area contributed by atoms with Gasteiger partial charge in [0.1, 0.15) is 5.70 Å². The summed E-state index contributed by atoms with van der Waals surface area (Å²) in [7, 11) is 0. The molecule has 150 valence electrons. The van der Waals surface area contributed by atoms with E-state index < -0.39 is 17.8 Å². The first-order valence-corrected chi connectivity index (χ1v) is 9.27. The van der Waals surface area contributed by atoms with Crippen molar-refractivity contribution in [2.24, 2.45) is 0 Å². The fourth-order valence-electron chi connectivity index (χ4n) is 2.60. The van der Waals surface area contributed by atoms with E-state index in [0.29, 0.717) is 11.3 Å². The average molecular weight is 420 g/mol. The third-order valence-corrected chi connectivity index (χ3v) is 4.43. The summed E-state index contributed by atoms with van der Waals surface area (Å²) in [6, 6.07) is 21.0. The maximum absolute atomic E-state index is 12.8. The van der Waals surface area contributed by atoms with Gasteiger partial charge < -0.3 is 20.5 Å². The van der Waals surface area contributed by atoms with Crippen LogP contribution < -0.4 is 15.7 Å². The highest BCUT2D eigenvalue weighted by Crippen LogP contribution is 2.16. The minimum atomic E-state index is -1.32. The number of hydrogen-bond donors (Lipinski definition) is 2. The van der Waals surface area contributed by atoms with Crippen molar-refractivity contribution < 1.29 is 19.5 Å². The zero-order valence-corrected chi connectivity index (χ0v) is 16.3. The Labute approximate surface area is 177 Å². The summed E-state index contributed by atoms with van der Waals surface area (Å²) in [6.45, 7) is 0. The number of nitrogens with one attached hydrogen (secondary N) is 2. The maximum atomic E-state index is 12.8. The number of carbonyl (C=O) groups is 3. The van der Waals surface area contributed by atoms with Crippen LogP contribution in [0.5, 0.6) is 0 Å². The SMILES string of the molecule is O=C(Nc1ccc(C(=O)[O-])cc1)/C(=C/c1ccccc1)NC(=O)c1ccccc1Cl. The molecule has 0 aliphatic heterocycles. The Bertz CT molecular complexity index is 1110. The van der Waals surface area contributed by atoms with Gasteiger partial charge in [-0.3, -0.25) is 9.59 Å². The maximum Gasteiger partial charge on any atom is 0.272 e. The minimum absolute atomic E-state index is 0.00454. The van der Waals surface area contributed by atoms with Crippen LogP contribution in [0.15, 0.2) is 84.6 Å². The van der Waals surface area contributed by atoms with Crippen molar-refractivity contribution in [1.29, 1.82) is 0 Å². The van der Waals surface area contributed by atoms with Crippen LogP contribution in [0.25, 0.3) is 6.08 Å². The zero-order valence-electron chi connectivity index (χ0n) is 15.6. The summed E-state index contributed by atoms with van der Waals surface area (Å²) < 4.78 is 0. The van der Waals surface area contributed by atoms with Crippen molar-refractivity contribution in [2.45, 2.75) is 0 Å². The Kier molecular flexibility index (Phi) is 6.62. The average Bonchev–Trinajstić information content (AvgIpc) is 2.74. The first-order valence-electron chi connectivity index (χ1n) is 8.89. The summed E-state index contributed by atoms with van der Waals surface area (Å²) >= 11 is 6.08. The van der Waals surface area contributed by atoms with E-state index in [4.69, 9.17) is 11.6 Å². The zero-order chi connectivity index (χ0) is 21.5. The Morgan fingerprint density at radius 2 is 1.47 bits per heavy atom. The highest BCUT2D eigenvalue weighted by Gasteiger charge is 2.16. The van der Waals surface area contributed by atoms with Gasteiger partial charge in [-0.1, -0.05) is 66.2 Å². The van der Waals surface area contributed by atoms with E-state index >= 15 is 0 Å². The first-order chi connectivity index (χ1) is 14.4. The molecule has 0 fully saturated rings. The van der Waals surface area contributed by atoms with Gasteiger partial charge in [0.25, 0.3) is 11.8 Å². The number of rotatable bonds is 6. The van der Waals surface area contributed by atoms with Crippen LogP contribution in [0.3, 0.4) is 0 Å². The lowest BCUT2D eigenvalue weighted by atomic mass is 10.1. The van der Waals surface area contributed by atoms with Gasteiger partial charge in [0.15, 0.2) is 0 Å². The molecule has 0 saturated carbocycles. The summed E-state index contributed by atoms with van der Waals surface area (Å²) in [5, 5.41) is 16.3. The summed E-state index contributed by atoms with van der Waals surface area (Å²) in [5.41, 5.74) is 1.27. The second-order valence-electron chi connectivity index (χ2n) is 6.22. The van der Waals surface area contributed by atoms with Gasteiger partial charge in [0, 0.05) is 5.69 Å². The monoisotopic (exact) mass is 419 g/mol. The number of carbonyl (C=O) groups excluding carboxylic acids is 3. The van der Waals surface area contributed by atoms with E-state index in [0.717, 1.165) is 0 Å². The number of amides is 2. The molecule has 3 aromatic carbocycles. The molecular weight excluding hydrogens is 404 g/mol. The second kappa shape index (κ2) is 9.54. The molecule has 0 saturated heterocycles. The molecule has 0 atom stereocenters. The molecule has 30 heavy (non-hydrogen) atoms. The summed E-state index contributed by atoms with van der Waals surface area (Å²) in [6.07, 6.45) is 1.53. The molecule has 0 radical (unpaired) electrons. The Morgan fingerprint density at radius 3 is 2.10 bits per heavy atom. The van der Waals surface area contributed by atoms with Gasteiger partial charge in [-0.15, -0.1) is 0 Å². The van der Waals surface area contributed by atoms with Crippen LogP contribution in [-0.2, 0) is 4.79 Å². The van der Waals surface area contributed by atoms with E-state index in [1.165, 1.54) is 30.3 Å². The van der Waals surface area contributed by atoms with Gasteiger partial charge in [-0.25, -0.2) is 0 Å². The van der Waals surface area contributed by atoms with Gasteiger partial charge in [-0.05, 0) is 41.5 Å². The van der Waals surface area contributed by atoms with Crippen LogP contribution in [0, 0.1) is 0 Å². The molecule has 0 aliphatic carbocycles. The highest BCUT2D eigenvalue weighted by molar-refractivity contribution is 6.34. The van der Waals surface area contributed by atoms with Gasteiger partial charge in [-0.2, -0.15) is 0 Å². The lowest BCUT2D eigenvalue weighted by Crippen LogP contribution is -2.31. The first kappa shape index (κ1) is 20.8. The fourth-order valence-corrected chi connectivity index (χ4v) is 2.82. The molecule has 6 nitrogen and oxygen atoms in total. The lowest BCUT2D eigenvalue weighted by Gasteiger charge is -2.12.